The van der Waals surface area contributed by atoms with Gasteiger partial charge in [0.1, 0.15) is 0 Å². The smallest absolute Gasteiger partial charge is 0.343 e. The number of nitrogens with zero attached hydrogens (tertiary/aromatic N) is 2. The minimum Gasteiger partial charge on any atom is -0.493 e. The Morgan fingerprint density at radius 1 is 1.18 bits per heavy atom. The van der Waals surface area contributed by atoms with Crippen molar-refractivity contribution in [2.75, 3.05) is 20.8 Å². The summed E-state index contributed by atoms with van der Waals surface area (Å²) in [5.41, 5.74) is 2.25. The molecule has 0 spiro atoms. The van der Waals surface area contributed by atoms with Crippen LogP contribution in [0.25, 0.3) is 22.1 Å². The Bertz CT molecular complexity index is 1290. The average molecular weight is 396 g/mol. The van der Waals surface area contributed by atoms with Crippen LogP contribution in [0.3, 0.4) is 0 Å². The highest BCUT2D eigenvalue weighted by molar-refractivity contribution is 7.15. The van der Waals surface area contributed by atoms with E-state index in [1.54, 1.807) is 28.7 Å². The van der Waals surface area contributed by atoms with Crippen LogP contribution in [0, 0.1) is 0 Å². The van der Waals surface area contributed by atoms with E-state index in [0.29, 0.717) is 21.0 Å². The van der Waals surface area contributed by atoms with E-state index in [0.717, 1.165) is 16.6 Å². The van der Waals surface area contributed by atoms with Crippen molar-refractivity contribution in [1.29, 1.82) is 0 Å². The van der Waals surface area contributed by atoms with Gasteiger partial charge in [-0.3, -0.25) is 4.79 Å². The van der Waals surface area contributed by atoms with Crippen LogP contribution in [0.4, 0.5) is 0 Å². The van der Waals surface area contributed by atoms with Crippen LogP contribution in [0.15, 0.2) is 47.3 Å². The standard InChI is InChI=1S/C20H16N2O5S/c1-25-16-9-12(7-8-15(16)27-11-18(23)26-2)10-17-19(24)22-14-6-4-3-5-13(14)21-20(22)28-17/h3-10H,11H2,1-2H3. The molecule has 28 heavy (non-hydrogen) atoms. The molecule has 0 aliphatic heterocycles. The van der Waals surface area contributed by atoms with Gasteiger partial charge in [0.2, 0.25) is 0 Å². The summed E-state index contributed by atoms with van der Waals surface area (Å²) in [4.78, 5) is 29.2. The Kier molecular flexibility index (Phi) is 4.70. The number of esters is 1. The molecule has 4 rings (SSSR count). The van der Waals surface area contributed by atoms with E-state index >= 15 is 0 Å². The summed E-state index contributed by atoms with van der Waals surface area (Å²) < 4.78 is 17.5. The highest BCUT2D eigenvalue weighted by Crippen LogP contribution is 2.28. The van der Waals surface area contributed by atoms with Crippen molar-refractivity contribution in [3.8, 4) is 11.5 Å². The van der Waals surface area contributed by atoms with Gasteiger partial charge in [0.25, 0.3) is 5.56 Å². The van der Waals surface area contributed by atoms with Crippen molar-refractivity contribution in [1.82, 2.24) is 9.38 Å². The van der Waals surface area contributed by atoms with Gasteiger partial charge in [-0.05, 0) is 35.9 Å². The molecule has 4 aromatic rings. The van der Waals surface area contributed by atoms with Crippen LogP contribution < -0.4 is 19.6 Å². The normalized spacial score (nSPS) is 11.9. The molecule has 2 heterocycles. The lowest BCUT2D eigenvalue weighted by Crippen LogP contribution is -2.22. The minimum absolute atomic E-state index is 0.112. The second kappa shape index (κ2) is 7.32. The average Bonchev–Trinajstić information content (AvgIpc) is 3.22. The number of fused-ring (bicyclic) bond motifs is 3. The summed E-state index contributed by atoms with van der Waals surface area (Å²) in [6.07, 6.45) is 1.78. The SMILES string of the molecule is COC(=O)COc1ccc(C=c2sc3nc4ccccc4n3c2=O)cc1OC. The Balaban J connectivity index is 1.73. The van der Waals surface area contributed by atoms with Gasteiger partial charge in [0.05, 0.1) is 29.8 Å². The number of methoxy groups -OCH3 is 2. The first-order valence-corrected chi connectivity index (χ1v) is 9.21. The molecule has 0 unspecified atom stereocenters. The summed E-state index contributed by atoms with van der Waals surface area (Å²) in [6, 6.07) is 12.8. The fourth-order valence-corrected chi connectivity index (χ4v) is 3.84. The molecule has 0 bridgehead atoms. The molecule has 0 aliphatic rings. The zero-order chi connectivity index (χ0) is 19.7. The van der Waals surface area contributed by atoms with Crippen molar-refractivity contribution in [3.05, 3.63) is 62.9 Å². The molecule has 2 aromatic carbocycles. The monoisotopic (exact) mass is 396 g/mol. The van der Waals surface area contributed by atoms with Crippen molar-refractivity contribution in [2.24, 2.45) is 0 Å². The molecular weight excluding hydrogens is 380 g/mol. The molecule has 0 atom stereocenters. The van der Waals surface area contributed by atoms with Gasteiger partial charge in [-0.15, -0.1) is 0 Å². The number of hydrogen-bond donors (Lipinski definition) is 0. The fraction of sp³-hybridized carbons (Fsp3) is 0.150. The van der Waals surface area contributed by atoms with Gasteiger partial charge in [0.15, 0.2) is 23.1 Å². The number of benzene rings is 2. The predicted molar refractivity (Wildman–Crippen MR) is 106 cm³/mol. The topological polar surface area (TPSA) is 79.1 Å². The maximum absolute atomic E-state index is 12.8. The first-order chi connectivity index (χ1) is 13.6. The Morgan fingerprint density at radius 3 is 2.79 bits per heavy atom. The number of imidazole rings is 1. The van der Waals surface area contributed by atoms with E-state index in [1.807, 2.05) is 24.3 Å². The quantitative estimate of drug-likeness (QED) is 0.480. The lowest BCUT2D eigenvalue weighted by atomic mass is 10.2. The molecule has 142 valence electrons. The second-order valence-electron chi connectivity index (χ2n) is 5.91. The van der Waals surface area contributed by atoms with Crippen molar-refractivity contribution < 1.29 is 19.0 Å². The highest BCUT2D eigenvalue weighted by Gasteiger charge is 2.12. The number of hydrogen-bond acceptors (Lipinski definition) is 7. The third kappa shape index (κ3) is 3.18. The van der Waals surface area contributed by atoms with Crippen LogP contribution in [0.1, 0.15) is 5.56 Å². The van der Waals surface area contributed by atoms with E-state index in [9.17, 15) is 9.59 Å². The highest BCUT2D eigenvalue weighted by atomic mass is 32.1. The van der Waals surface area contributed by atoms with E-state index in [-0.39, 0.29) is 12.2 Å². The van der Waals surface area contributed by atoms with Crippen LogP contribution in [-0.2, 0) is 9.53 Å². The van der Waals surface area contributed by atoms with Crippen molar-refractivity contribution >= 4 is 39.4 Å². The number of carbonyl (C=O) groups is 1. The van der Waals surface area contributed by atoms with E-state index in [4.69, 9.17) is 9.47 Å². The van der Waals surface area contributed by atoms with Crippen LogP contribution in [-0.4, -0.2) is 36.2 Å². The molecule has 0 radical (unpaired) electrons. The maximum Gasteiger partial charge on any atom is 0.343 e. The number of ether oxygens (including phenoxy) is 3. The molecule has 8 heteroatoms. The largest absolute Gasteiger partial charge is 0.493 e. The van der Waals surface area contributed by atoms with Gasteiger partial charge in [-0.1, -0.05) is 29.5 Å². The molecule has 0 amide bonds. The first kappa shape index (κ1) is 18.0. The third-order valence-corrected chi connectivity index (χ3v) is 5.17. The third-order valence-electron chi connectivity index (χ3n) is 4.20. The Labute approximate surface area is 163 Å². The summed E-state index contributed by atoms with van der Waals surface area (Å²) in [6.45, 7) is -0.212. The Hall–Kier alpha value is -3.39. The summed E-state index contributed by atoms with van der Waals surface area (Å²) >= 11 is 1.33. The minimum atomic E-state index is -0.483. The molecule has 7 nitrogen and oxygen atoms in total. The molecular formula is C20H16N2O5S. The molecule has 0 saturated carbocycles. The second-order valence-corrected chi connectivity index (χ2v) is 6.92. The molecule has 0 saturated heterocycles. The van der Waals surface area contributed by atoms with Gasteiger partial charge in [-0.25, -0.2) is 14.2 Å². The lowest BCUT2D eigenvalue weighted by Gasteiger charge is -2.10. The van der Waals surface area contributed by atoms with Gasteiger partial charge in [-0.2, -0.15) is 0 Å². The van der Waals surface area contributed by atoms with Crippen molar-refractivity contribution in [2.45, 2.75) is 0 Å². The zero-order valence-electron chi connectivity index (χ0n) is 15.2. The fourth-order valence-electron chi connectivity index (χ4n) is 2.85. The number of rotatable bonds is 5. The van der Waals surface area contributed by atoms with Crippen LogP contribution in [0.2, 0.25) is 0 Å². The van der Waals surface area contributed by atoms with Gasteiger partial charge in [0, 0.05) is 0 Å². The lowest BCUT2D eigenvalue weighted by molar-refractivity contribution is -0.142. The number of aromatic nitrogens is 2. The van der Waals surface area contributed by atoms with Crippen LogP contribution >= 0.6 is 11.3 Å². The van der Waals surface area contributed by atoms with E-state index in [2.05, 4.69) is 9.72 Å². The predicted octanol–water partition coefficient (Wildman–Crippen LogP) is 2.02. The van der Waals surface area contributed by atoms with E-state index in [1.165, 1.54) is 25.6 Å². The summed E-state index contributed by atoms with van der Waals surface area (Å²) in [7, 11) is 2.80. The number of para-hydroxylation sites is 2. The van der Waals surface area contributed by atoms with Gasteiger partial charge >= 0.3 is 5.97 Å². The van der Waals surface area contributed by atoms with E-state index < -0.39 is 5.97 Å². The molecule has 0 aliphatic carbocycles. The number of thiazole rings is 1. The van der Waals surface area contributed by atoms with Gasteiger partial charge < -0.3 is 14.2 Å². The summed E-state index contributed by atoms with van der Waals surface area (Å²) in [5, 5.41) is 0. The Morgan fingerprint density at radius 2 is 2.00 bits per heavy atom. The zero-order valence-corrected chi connectivity index (χ0v) is 16.0. The first-order valence-electron chi connectivity index (χ1n) is 8.40. The molecule has 0 N–H and O–H groups in total. The van der Waals surface area contributed by atoms with Crippen LogP contribution in [0.5, 0.6) is 11.5 Å². The molecule has 0 fully saturated rings. The molecule has 2 aromatic heterocycles. The number of carbonyl (C=O) groups excluding carboxylic acids is 1. The van der Waals surface area contributed by atoms with Crippen molar-refractivity contribution in [3.63, 3.8) is 0 Å². The summed E-state index contributed by atoms with van der Waals surface area (Å²) in [5.74, 6) is 0.388. The maximum atomic E-state index is 12.8.